The molecule has 1 rings (SSSR count). The molecule has 1 N–H and O–H groups in total. The fourth-order valence-corrected chi connectivity index (χ4v) is 1.59. The number of rotatable bonds is 2. The zero-order valence-corrected chi connectivity index (χ0v) is 8.86. The fourth-order valence-electron chi connectivity index (χ4n) is 1.59. The standard InChI is InChI=1S/C12H17N/c1-8(2)13-12-10(4)6-9(3)7-11(12)5/h6-7,13H,1H2,2-5H3. The first-order valence-electron chi connectivity index (χ1n) is 4.51. The largest absolute Gasteiger partial charge is 0.359 e. The molecule has 1 aromatic carbocycles. The van der Waals surface area contributed by atoms with Crippen molar-refractivity contribution in [2.24, 2.45) is 0 Å². The Kier molecular flexibility index (Phi) is 2.76. The number of nitrogens with one attached hydrogen (secondary N) is 1. The molecule has 1 nitrogen and oxygen atoms in total. The maximum Gasteiger partial charge on any atom is 0.0441 e. The Morgan fingerprint density at radius 2 is 1.62 bits per heavy atom. The van der Waals surface area contributed by atoms with Crippen molar-refractivity contribution in [1.29, 1.82) is 0 Å². The lowest BCUT2D eigenvalue weighted by molar-refractivity contribution is 1.28. The zero-order chi connectivity index (χ0) is 10.0. The third-order valence-corrected chi connectivity index (χ3v) is 2.02. The van der Waals surface area contributed by atoms with Gasteiger partial charge in [0.25, 0.3) is 0 Å². The van der Waals surface area contributed by atoms with Crippen LogP contribution in [-0.4, -0.2) is 0 Å². The third kappa shape index (κ3) is 2.35. The molecule has 0 atom stereocenters. The van der Waals surface area contributed by atoms with Crippen LogP contribution in [-0.2, 0) is 0 Å². The van der Waals surface area contributed by atoms with E-state index in [1.807, 2.05) is 6.92 Å². The summed E-state index contributed by atoms with van der Waals surface area (Å²) in [5.41, 5.74) is 6.04. The van der Waals surface area contributed by atoms with Gasteiger partial charge in [0.2, 0.25) is 0 Å². The van der Waals surface area contributed by atoms with Crippen molar-refractivity contribution in [2.75, 3.05) is 5.32 Å². The molecule has 0 aliphatic rings. The lowest BCUT2D eigenvalue weighted by Crippen LogP contribution is -1.99. The van der Waals surface area contributed by atoms with Crippen LogP contribution in [0.2, 0.25) is 0 Å². The van der Waals surface area contributed by atoms with Gasteiger partial charge in [-0.25, -0.2) is 0 Å². The van der Waals surface area contributed by atoms with Gasteiger partial charge in [-0.05, 0) is 38.8 Å². The monoisotopic (exact) mass is 175 g/mol. The second-order valence-corrected chi connectivity index (χ2v) is 3.68. The molecule has 0 radical (unpaired) electrons. The quantitative estimate of drug-likeness (QED) is 0.724. The predicted octanol–water partition coefficient (Wildman–Crippen LogP) is 3.56. The molecule has 0 bridgehead atoms. The summed E-state index contributed by atoms with van der Waals surface area (Å²) in [7, 11) is 0. The van der Waals surface area contributed by atoms with Crippen molar-refractivity contribution in [3.05, 3.63) is 41.1 Å². The molecule has 0 spiro atoms. The summed E-state index contributed by atoms with van der Waals surface area (Å²) in [5.74, 6) is 0. The number of allylic oxidation sites excluding steroid dienone is 1. The van der Waals surface area contributed by atoms with Crippen LogP contribution in [0.4, 0.5) is 5.69 Å². The first-order valence-corrected chi connectivity index (χ1v) is 4.51. The van der Waals surface area contributed by atoms with Crippen molar-refractivity contribution in [3.8, 4) is 0 Å². The Balaban J connectivity index is 3.13. The van der Waals surface area contributed by atoms with Gasteiger partial charge in [-0.15, -0.1) is 0 Å². The van der Waals surface area contributed by atoms with E-state index in [9.17, 15) is 0 Å². The molecular formula is C12H17N. The van der Waals surface area contributed by atoms with Crippen LogP contribution in [0.5, 0.6) is 0 Å². The van der Waals surface area contributed by atoms with Crippen LogP contribution in [0.15, 0.2) is 24.4 Å². The van der Waals surface area contributed by atoms with Gasteiger partial charge in [0, 0.05) is 11.4 Å². The van der Waals surface area contributed by atoms with E-state index in [2.05, 4.69) is 44.8 Å². The van der Waals surface area contributed by atoms with E-state index in [0.29, 0.717) is 0 Å². The summed E-state index contributed by atoms with van der Waals surface area (Å²) >= 11 is 0. The zero-order valence-electron chi connectivity index (χ0n) is 8.86. The van der Waals surface area contributed by atoms with E-state index in [1.54, 1.807) is 0 Å². The number of benzene rings is 1. The highest BCUT2D eigenvalue weighted by Crippen LogP contribution is 2.22. The van der Waals surface area contributed by atoms with Gasteiger partial charge in [0.05, 0.1) is 0 Å². The molecule has 0 heterocycles. The van der Waals surface area contributed by atoms with E-state index >= 15 is 0 Å². The molecule has 70 valence electrons. The van der Waals surface area contributed by atoms with Crippen LogP contribution in [0.3, 0.4) is 0 Å². The van der Waals surface area contributed by atoms with E-state index in [4.69, 9.17) is 0 Å². The van der Waals surface area contributed by atoms with Gasteiger partial charge in [-0.2, -0.15) is 0 Å². The summed E-state index contributed by atoms with van der Waals surface area (Å²) in [5, 5.41) is 3.27. The average molecular weight is 175 g/mol. The van der Waals surface area contributed by atoms with E-state index in [0.717, 1.165) is 5.70 Å². The van der Waals surface area contributed by atoms with Crippen LogP contribution >= 0.6 is 0 Å². The second-order valence-electron chi connectivity index (χ2n) is 3.68. The minimum Gasteiger partial charge on any atom is -0.359 e. The van der Waals surface area contributed by atoms with Gasteiger partial charge in [-0.1, -0.05) is 24.3 Å². The molecule has 0 aromatic heterocycles. The Labute approximate surface area is 80.5 Å². The molecular weight excluding hydrogens is 158 g/mol. The SMILES string of the molecule is C=C(C)Nc1c(C)cc(C)cc1C. The molecule has 0 unspecified atom stereocenters. The lowest BCUT2D eigenvalue weighted by atomic mass is 10.1. The van der Waals surface area contributed by atoms with Crippen molar-refractivity contribution >= 4 is 5.69 Å². The Bertz CT molecular complexity index is 314. The maximum absolute atomic E-state index is 3.84. The molecule has 0 saturated heterocycles. The highest BCUT2D eigenvalue weighted by atomic mass is 14.9. The topological polar surface area (TPSA) is 12.0 Å². The van der Waals surface area contributed by atoms with Crippen LogP contribution in [0.1, 0.15) is 23.6 Å². The molecule has 0 fully saturated rings. The Morgan fingerprint density at radius 1 is 1.15 bits per heavy atom. The minimum atomic E-state index is 0.982. The van der Waals surface area contributed by atoms with E-state index in [-0.39, 0.29) is 0 Å². The third-order valence-electron chi connectivity index (χ3n) is 2.02. The second kappa shape index (κ2) is 3.65. The summed E-state index contributed by atoms with van der Waals surface area (Å²) in [4.78, 5) is 0. The Morgan fingerprint density at radius 3 is 2.00 bits per heavy atom. The molecule has 0 aliphatic heterocycles. The van der Waals surface area contributed by atoms with E-state index < -0.39 is 0 Å². The first-order chi connectivity index (χ1) is 6.00. The van der Waals surface area contributed by atoms with Crippen molar-refractivity contribution in [3.63, 3.8) is 0 Å². The molecule has 0 aliphatic carbocycles. The predicted molar refractivity (Wildman–Crippen MR) is 59.1 cm³/mol. The lowest BCUT2D eigenvalue weighted by Gasteiger charge is -2.13. The number of hydrogen-bond donors (Lipinski definition) is 1. The molecule has 13 heavy (non-hydrogen) atoms. The minimum absolute atomic E-state index is 0.982. The van der Waals surface area contributed by atoms with Crippen LogP contribution in [0, 0.1) is 20.8 Å². The molecule has 0 saturated carbocycles. The summed E-state index contributed by atoms with van der Waals surface area (Å²) in [6.07, 6.45) is 0. The molecule has 0 amide bonds. The van der Waals surface area contributed by atoms with Gasteiger partial charge < -0.3 is 5.32 Å². The van der Waals surface area contributed by atoms with Gasteiger partial charge in [0.1, 0.15) is 0 Å². The maximum atomic E-state index is 3.84. The van der Waals surface area contributed by atoms with E-state index in [1.165, 1.54) is 22.4 Å². The van der Waals surface area contributed by atoms with Crippen LogP contribution < -0.4 is 5.32 Å². The highest BCUT2D eigenvalue weighted by Gasteiger charge is 2.02. The molecule has 1 aromatic rings. The summed E-state index contributed by atoms with van der Waals surface area (Å²) in [6.45, 7) is 12.2. The summed E-state index contributed by atoms with van der Waals surface area (Å²) < 4.78 is 0. The van der Waals surface area contributed by atoms with Crippen LogP contribution in [0.25, 0.3) is 0 Å². The fraction of sp³-hybridized carbons (Fsp3) is 0.333. The normalized spacial score (nSPS) is 9.85. The number of anilines is 1. The van der Waals surface area contributed by atoms with Crippen molar-refractivity contribution < 1.29 is 0 Å². The summed E-state index contributed by atoms with van der Waals surface area (Å²) in [6, 6.07) is 4.36. The van der Waals surface area contributed by atoms with Gasteiger partial charge in [-0.3, -0.25) is 0 Å². The molecule has 1 heteroatoms. The highest BCUT2D eigenvalue weighted by molar-refractivity contribution is 5.60. The number of aryl methyl sites for hydroxylation is 3. The van der Waals surface area contributed by atoms with Gasteiger partial charge >= 0.3 is 0 Å². The van der Waals surface area contributed by atoms with Gasteiger partial charge in [0.15, 0.2) is 0 Å². The van der Waals surface area contributed by atoms with Crippen molar-refractivity contribution in [2.45, 2.75) is 27.7 Å². The number of hydrogen-bond acceptors (Lipinski definition) is 1. The first kappa shape index (κ1) is 9.85. The Hall–Kier alpha value is -1.24. The smallest absolute Gasteiger partial charge is 0.0441 e. The van der Waals surface area contributed by atoms with Crippen molar-refractivity contribution in [1.82, 2.24) is 0 Å². The average Bonchev–Trinajstić information content (AvgIpc) is 1.96.